The van der Waals surface area contributed by atoms with Crippen molar-refractivity contribution in [2.24, 2.45) is 0 Å². The van der Waals surface area contributed by atoms with Crippen LogP contribution in [0.25, 0.3) is 11.0 Å². The van der Waals surface area contributed by atoms with Gasteiger partial charge >= 0.3 is 6.18 Å². The van der Waals surface area contributed by atoms with Crippen molar-refractivity contribution in [2.75, 3.05) is 49.7 Å². The molecule has 0 unspecified atom stereocenters. The maximum Gasteiger partial charge on any atom is 0.411 e. The topological polar surface area (TPSA) is 115 Å². The summed E-state index contributed by atoms with van der Waals surface area (Å²) in [4.78, 5) is 19.9. The summed E-state index contributed by atoms with van der Waals surface area (Å²) in [5.74, 6) is 1.44. The molecule has 1 aliphatic rings. The molecule has 0 saturated carbocycles. The smallest absolute Gasteiger partial charge is 0.375 e. The first-order chi connectivity index (χ1) is 17.1. The molecule has 4 heterocycles. The molecule has 3 aromatic rings. The van der Waals surface area contributed by atoms with Gasteiger partial charge in [-0.05, 0) is 26.8 Å². The molecule has 0 amide bonds. The molecule has 0 bridgehead atoms. The zero-order valence-electron chi connectivity index (χ0n) is 20.5. The fraction of sp³-hybridized carbons (Fsp3) is 0.591. The van der Waals surface area contributed by atoms with Crippen molar-refractivity contribution in [1.82, 2.24) is 35.0 Å². The Balaban J connectivity index is 1.76. The Hall–Kier alpha value is -3.10. The third-order valence-corrected chi connectivity index (χ3v) is 5.48. The van der Waals surface area contributed by atoms with Gasteiger partial charge in [-0.1, -0.05) is 0 Å². The summed E-state index contributed by atoms with van der Waals surface area (Å²) in [7, 11) is 0. The molecule has 4 rings (SSSR count). The number of anilines is 3. The van der Waals surface area contributed by atoms with E-state index < -0.39 is 12.8 Å². The van der Waals surface area contributed by atoms with Gasteiger partial charge in [0.05, 0.1) is 19.8 Å². The summed E-state index contributed by atoms with van der Waals surface area (Å²) in [6, 6.07) is 1.69. The molecule has 36 heavy (non-hydrogen) atoms. The van der Waals surface area contributed by atoms with Gasteiger partial charge in [0.25, 0.3) is 0 Å². The number of nitrogens with one attached hydrogen (secondary N) is 2. The van der Waals surface area contributed by atoms with Gasteiger partial charge in [0, 0.05) is 38.0 Å². The van der Waals surface area contributed by atoms with Crippen LogP contribution in [-0.2, 0) is 22.6 Å². The summed E-state index contributed by atoms with van der Waals surface area (Å²) >= 11 is 0. The second kappa shape index (κ2) is 10.9. The van der Waals surface area contributed by atoms with Gasteiger partial charge in [0.1, 0.15) is 35.5 Å². The first-order valence-electron chi connectivity index (χ1n) is 11.7. The van der Waals surface area contributed by atoms with E-state index in [1.165, 1.54) is 6.33 Å². The van der Waals surface area contributed by atoms with E-state index in [1.807, 2.05) is 6.92 Å². The minimum Gasteiger partial charge on any atom is -0.375 e. The van der Waals surface area contributed by atoms with Crippen molar-refractivity contribution in [3.63, 3.8) is 0 Å². The lowest BCUT2D eigenvalue weighted by Crippen LogP contribution is -2.57. The van der Waals surface area contributed by atoms with Gasteiger partial charge in [-0.15, -0.1) is 0 Å². The fourth-order valence-electron chi connectivity index (χ4n) is 3.96. The highest BCUT2D eigenvalue weighted by Gasteiger charge is 2.30. The largest absolute Gasteiger partial charge is 0.411 e. The Morgan fingerprint density at radius 2 is 2.06 bits per heavy atom. The number of rotatable bonds is 10. The lowest BCUT2D eigenvalue weighted by atomic mass is 10.0. The second-order valence-corrected chi connectivity index (χ2v) is 9.00. The van der Waals surface area contributed by atoms with Gasteiger partial charge in [-0.3, -0.25) is 4.68 Å². The van der Waals surface area contributed by atoms with Crippen LogP contribution in [-0.4, -0.2) is 80.9 Å². The molecule has 11 nitrogen and oxygen atoms in total. The third kappa shape index (κ3) is 6.56. The summed E-state index contributed by atoms with van der Waals surface area (Å²) in [5.41, 5.74) is 1.51. The summed E-state index contributed by atoms with van der Waals surface area (Å²) in [6.45, 7) is 7.47. The Morgan fingerprint density at radius 3 is 2.75 bits per heavy atom. The number of ether oxygens (including phenoxy) is 2. The molecule has 1 aliphatic heterocycles. The van der Waals surface area contributed by atoms with E-state index in [0.29, 0.717) is 54.0 Å². The molecule has 2 N–H and O–H groups in total. The number of piperazine rings is 1. The van der Waals surface area contributed by atoms with Gasteiger partial charge in [-0.2, -0.15) is 23.3 Å². The van der Waals surface area contributed by atoms with Crippen LogP contribution in [0.15, 0.2) is 18.6 Å². The van der Waals surface area contributed by atoms with Crippen molar-refractivity contribution in [1.29, 1.82) is 0 Å². The molecule has 0 aromatic carbocycles. The Labute approximate surface area is 206 Å². The maximum absolute atomic E-state index is 12.5. The van der Waals surface area contributed by atoms with E-state index in [9.17, 15) is 13.2 Å². The Bertz CT molecular complexity index is 1160. The average Bonchev–Trinajstić information content (AvgIpc) is 3.17. The van der Waals surface area contributed by atoms with Crippen LogP contribution >= 0.6 is 0 Å². The number of alkyl halides is 3. The van der Waals surface area contributed by atoms with Crippen molar-refractivity contribution >= 4 is 28.6 Å². The molecule has 196 valence electrons. The average molecular weight is 510 g/mol. The van der Waals surface area contributed by atoms with E-state index in [1.54, 1.807) is 16.9 Å². The number of hydrogen-bond donors (Lipinski definition) is 2. The standard InChI is InChI=1S/C22H30F3N9O2/c1-4-35-11-15-17-18(34(32-15)9-10-36-13-22(23,24)25)19(29-16-5-6-26-14-27-16)31-20(30-17)33-8-7-28-21(2,3)12-33/h5-6,14,28H,4,7-13H2,1-3H3,(H,26,27,29,30,31). The van der Waals surface area contributed by atoms with Crippen LogP contribution in [0.4, 0.5) is 30.8 Å². The van der Waals surface area contributed by atoms with E-state index in [-0.39, 0.29) is 25.3 Å². The highest BCUT2D eigenvalue weighted by molar-refractivity contribution is 5.90. The highest BCUT2D eigenvalue weighted by atomic mass is 19.4. The monoisotopic (exact) mass is 509 g/mol. The molecule has 1 fully saturated rings. The number of hydrogen-bond acceptors (Lipinski definition) is 10. The molecule has 0 radical (unpaired) electrons. The first kappa shape index (κ1) is 26.0. The minimum atomic E-state index is -4.40. The molecule has 14 heteroatoms. The van der Waals surface area contributed by atoms with Crippen LogP contribution in [0.2, 0.25) is 0 Å². The van der Waals surface area contributed by atoms with Crippen molar-refractivity contribution in [3.8, 4) is 0 Å². The number of aromatic nitrogens is 6. The molecule has 0 atom stereocenters. The number of fused-ring (bicyclic) bond motifs is 1. The zero-order chi connectivity index (χ0) is 25.8. The van der Waals surface area contributed by atoms with E-state index in [4.69, 9.17) is 19.4 Å². The van der Waals surface area contributed by atoms with E-state index in [0.717, 1.165) is 6.54 Å². The SMILES string of the molecule is CCOCc1nn(CCOCC(F)(F)F)c2c(Nc3ccncn3)nc(N3CCNC(C)(C)C3)nc12. The van der Waals surface area contributed by atoms with Gasteiger partial charge in [0.2, 0.25) is 5.95 Å². The predicted molar refractivity (Wildman–Crippen MR) is 127 cm³/mol. The second-order valence-electron chi connectivity index (χ2n) is 9.00. The van der Waals surface area contributed by atoms with Gasteiger partial charge < -0.3 is 25.0 Å². The van der Waals surface area contributed by atoms with Crippen LogP contribution in [0, 0.1) is 0 Å². The number of halogens is 3. The van der Waals surface area contributed by atoms with Crippen molar-refractivity contribution in [2.45, 2.75) is 45.6 Å². The van der Waals surface area contributed by atoms with Crippen LogP contribution in [0.3, 0.4) is 0 Å². The van der Waals surface area contributed by atoms with Crippen LogP contribution < -0.4 is 15.5 Å². The molecule has 1 saturated heterocycles. The van der Waals surface area contributed by atoms with Crippen molar-refractivity contribution < 1.29 is 22.6 Å². The van der Waals surface area contributed by atoms with Gasteiger partial charge in [0.15, 0.2) is 5.82 Å². The third-order valence-electron chi connectivity index (χ3n) is 5.48. The van der Waals surface area contributed by atoms with Gasteiger partial charge in [-0.25, -0.2) is 15.0 Å². The Kier molecular flexibility index (Phi) is 7.85. The highest BCUT2D eigenvalue weighted by Crippen LogP contribution is 2.30. The fourth-order valence-corrected chi connectivity index (χ4v) is 3.96. The van der Waals surface area contributed by atoms with E-state index >= 15 is 0 Å². The summed E-state index contributed by atoms with van der Waals surface area (Å²) in [6.07, 6.45) is -1.40. The molecule has 0 aliphatic carbocycles. The zero-order valence-corrected chi connectivity index (χ0v) is 20.5. The lowest BCUT2D eigenvalue weighted by Gasteiger charge is -2.39. The summed E-state index contributed by atoms with van der Waals surface area (Å²) in [5, 5.41) is 11.3. The molecular formula is C22H30F3N9O2. The van der Waals surface area contributed by atoms with Crippen molar-refractivity contribution in [3.05, 3.63) is 24.3 Å². The normalized spacial score (nSPS) is 16.0. The van der Waals surface area contributed by atoms with Crippen LogP contribution in [0.1, 0.15) is 26.5 Å². The lowest BCUT2D eigenvalue weighted by molar-refractivity contribution is -0.174. The predicted octanol–water partition coefficient (Wildman–Crippen LogP) is 2.66. The van der Waals surface area contributed by atoms with Crippen LogP contribution in [0.5, 0.6) is 0 Å². The Morgan fingerprint density at radius 1 is 1.22 bits per heavy atom. The van der Waals surface area contributed by atoms with E-state index in [2.05, 4.69) is 44.4 Å². The molecular weight excluding hydrogens is 479 g/mol. The number of nitrogens with zero attached hydrogens (tertiary/aromatic N) is 7. The quantitative estimate of drug-likeness (QED) is 0.395. The molecule has 3 aromatic heterocycles. The summed E-state index contributed by atoms with van der Waals surface area (Å²) < 4.78 is 49.6. The minimum absolute atomic E-state index is 0.0700. The molecule has 0 spiro atoms. The maximum atomic E-state index is 12.5. The first-order valence-corrected chi connectivity index (χ1v) is 11.7.